The number of aliphatic hydroxyl groups is 1. The zero-order valence-corrected chi connectivity index (χ0v) is 18.0. The summed E-state index contributed by atoms with van der Waals surface area (Å²) in [5.41, 5.74) is -2.28. The van der Waals surface area contributed by atoms with E-state index in [2.05, 4.69) is 10.3 Å². The highest BCUT2D eigenvalue weighted by molar-refractivity contribution is 5.80. The Kier molecular flexibility index (Phi) is 6.46. The molecule has 2 atom stereocenters. The summed E-state index contributed by atoms with van der Waals surface area (Å²) < 4.78 is 47.2. The fraction of sp³-hybridized carbons (Fsp3) is 0.333. The fourth-order valence-electron chi connectivity index (χ4n) is 3.79. The van der Waals surface area contributed by atoms with Gasteiger partial charge in [-0.15, -0.1) is 0 Å². The Morgan fingerprint density at radius 1 is 1.19 bits per heavy atom. The molecule has 1 aliphatic rings. The third kappa shape index (κ3) is 4.70. The summed E-state index contributed by atoms with van der Waals surface area (Å²) in [6.07, 6.45) is -1.17. The molecule has 0 spiro atoms. The first-order chi connectivity index (χ1) is 15.0. The van der Waals surface area contributed by atoms with Crippen molar-refractivity contribution in [2.75, 3.05) is 7.11 Å². The highest BCUT2D eigenvalue weighted by atomic mass is 19.4. The number of carbonyl (C=O) groups excluding carboxylic acids is 1. The van der Waals surface area contributed by atoms with Crippen LogP contribution < -0.4 is 10.1 Å². The molecule has 0 saturated heterocycles. The molecular formula is C24H25F3N2O3. The monoisotopic (exact) mass is 446 g/mol. The van der Waals surface area contributed by atoms with Crippen LogP contribution in [-0.4, -0.2) is 36.5 Å². The Bertz CT molecular complexity index is 1050. The van der Waals surface area contributed by atoms with E-state index >= 15 is 0 Å². The zero-order chi connectivity index (χ0) is 23.6. The number of hydrogen-bond donors (Lipinski definition) is 2. The van der Waals surface area contributed by atoms with E-state index in [4.69, 9.17) is 4.74 Å². The van der Waals surface area contributed by atoms with Gasteiger partial charge in [0, 0.05) is 11.8 Å². The maximum Gasteiger partial charge on any atom is 0.422 e. The van der Waals surface area contributed by atoms with E-state index in [0.29, 0.717) is 34.9 Å². The van der Waals surface area contributed by atoms with Crippen LogP contribution in [0.15, 0.2) is 53.7 Å². The lowest BCUT2D eigenvalue weighted by atomic mass is 9.75. The Balaban J connectivity index is 1.98. The van der Waals surface area contributed by atoms with Gasteiger partial charge in [-0.2, -0.15) is 13.2 Å². The van der Waals surface area contributed by atoms with Gasteiger partial charge in [-0.05, 0) is 53.4 Å². The average Bonchev–Trinajstić information content (AvgIpc) is 2.76. The predicted molar refractivity (Wildman–Crippen MR) is 117 cm³/mol. The van der Waals surface area contributed by atoms with Gasteiger partial charge in [-0.3, -0.25) is 4.99 Å². The van der Waals surface area contributed by atoms with Crippen LogP contribution in [0.3, 0.4) is 0 Å². The number of benzene rings is 2. The molecule has 8 heteroatoms. The normalized spacial score (nSPS) is 18.0. The fourth-order valence-corrected chi connectivity index (χ4v) is 3.79. The maximum absolute atomic E-state index is 14.0. The predicted octanol–water partition coefficient (Wildman–Crippen LogP) is 4.87. The molecule has 170 valence electrons. The van der Waals surface area contributed by atoms with Gasteiger partial charge in [0.1, 0.15) is 18.1 Å². The molecule has 0 saturated carbocycles. The second kappa shape index (κ2) is 8.78. The van der Waals surface area contributed by atoms with Crippen LogP contribution >= 0.6 is 0 Å². The number of halogens is 3. The summed E-state index contributed by atoms with van der Waals surface area (Å²) in [5.74, 6) is 0.515. The second-order valence-corrected chi connectivity index (χ2v) is 8.37. The van der Waals surface area contributed by atoms with E-state index in [0.717, 1.165) is 0 Å². The second-order valence-electron chi connectivity index (χ2n) is 8.37. The van der Waals surface area contributed by atoms with Gasteiger partial charge in [-0.1, -0.05) is 38.1 Å². The van der Waals surface area contributed by atoms with Crippen molar-refractivity contribution in [1.82, 2.24) is 5.32 Å². The lowest BCUT2D eigenvalue weighted by Crippen LogP contribution is -2.50. The van der Waals surface area contributed by atoms with Crippen molar-refractivity contribution in [3.05, 3.63) is 65.4 Å². The molecular weight excluding hydrogens is 421 g/mol. The van der Waals surface area contributed by atoms with Crippen LogP contribution in [0.2, 0.25) is 0 Å². The molecule has 0 amide bonds. The van der Waals surface area contributed by atoms with Crippen LogP contribution in [0.25, 0.3) is 6.08 Å². The van der Waals surface area contributed by atoms with Gasteiger partial charge < -0.3 is 20.0 Å². The van der Waals surface area contributed by atoms with Gasteiger partial charge in [-0.25, -0.2) is 0 Å². The number of hydrogen-bond acceptors (Lipinski definition) is 5. The standard InChI is InChI=1S/C24H25F3N2O3/c1-22(2,16-6-4-7-17(12-16)32-3)14-23(31,24(25,26)27)15-29-20-9-5-8-18-19(20)10-11-28-21(18)13-30/h4-13,15,21,28,31H,14H2,1-3H3. The van der Waals surface area contributed by atoms with Crippen molar-refractivity contribution < 1.29 is 27.8 Å². The van der Waals surface area contributed by atoms with Gasteiger partial charge in [0.2, 0.25) is 0 Å². The van der Waals surface area contributed by atoms with Crippen molar-refractivity contribution in [3.8, 4) is 5.75 Å². The average molecular weight is 446 g/mol. The highest BCUT2D eigenvalue weighted by Gasteiger charge is 2.55. The van der Waals surface area contributed by atoms with Crippen LogP contribution in [-0.2, 0) is 10.2 Å². The summed E-state index contributed by atoms with van der Waals surface area (Å²) in [5, 5.41) is 13.6. The molecule has 1 aliphatic heterocycles. The number of aliphatic imine (C=N–C) groups is 1. The Morgan fingerprint density at radius 2 is 1.91 bits per heavy atom. The van der Waals surface area contributed by atoms with Crippen LogP contribution in [0.4, 0.5) is 18.9 Å². The molecule has 2 aromatic carbocycles. The van der Waals surface area contributed by atoms with E-state index in [1.165, 1.54) is 13.2 Å². The zero-order valence-electron chi connectivity index (χ0n) is 18.0. The first-order valence-corrected chi connectivity index (χ1v) is 10.0. The first-order valence-electron chi connectivity index (χ1n) is 10.0. The molecule has 0 bridgehead atoms. The van der Waals surface area contributed by atoms with E-state index < -0.39 is 29.7 Å². The van der Waals surface area contributed by atoms with Crippen molar-refractivity contribution in [2.45, 2.75) is 43.5 Å². The number of aldehydes is 1. The lowest BCUT2D eigenvalue weighted by Gasteiger charge is -2.35. The molecule has 0 radical (unpaired) electrons. The Labute approximate surface area is 184 Å². The van der Waals surface area contributed by atoms with Gasteiger partial charge in [0.15, 0.2) is 5.60 Å². The molecule has 2 N–H and O–H groups in total. The van der Waals surface area contributed by atoms with Crippen LogP contribution in [0.5, 0.6) is 5.75 Å². The number of rotatable bonds is 7. The number of alkyl halides is 3. The van der Waals surface area contributed by atoms with Gasteiger partial charge in [0.05, 0.1) is 12.8 Å². The highest BCUT2D eigenvalue weighted by Crippen LogP contribution is 2.41. The smallest absolute Gasteiger partial charge is 0.422 e. The van der Waals surface area contributed by atoms with Crippen LogP contribution in [0, 0.1) is 0 Å². The number of nitrogens with zero attached hydrogens (tertiary/aromatic N) is 1. The van der Waals surface area contributed by atoms with E-state index in [-0.39, 0.29) is 5.69 Å². The molecule has 5 nitrogen and oxygen atoms in total. The SMILES string of the molecule is COc1cccc(C(C)(C)CC(O)(C=Nc2cccc3c2C=CNC3C=O)C(F)(F)F)c1. The quantitative estimate of drug-likeness (QED) is 0.470. The molecule has 3 rings (SSSR count). The Morgan fingerprint density at radius 3 is 2.56 bits per heavy atom. The largest absolute Gasteiger partial charge is 0.497 e. The van der Waals surface area contributed by atoms with Crippen molar-refractivity contribution >= 4 is 24.3 Å². The summed E-state index contributed by atoms with van der Waals surface area (Å²) in [6, 6.07) is 11.0. The third-order valence-corrected chi connectivity index (χ3v) is 5.58. The maximum atomic E-state index is 14.0. The number of nitrogens with one attached hydrogen (secondary N) is 1. The molecule has 0 fully saturated rings. The summed E-state index contributed by atoms with van der Waals surface area (Å²) in [4.78, 5) is 15.3. The molecule has 2 aromatic rings. The lowest BCUT2D eigenvalue weighted by molar-refractivity contribution is -0.234. The molecule has 0 aliphatic carbocycles. The molecule has 2 unspecified atom stereocenters. The Hall–Kier alpha value is -3.13. The minimum absolute atomic E-state index is 0.231. The minimum Gasteiger partial charge on any atom is -0.497 e. The van der Waals surface area contributed by atoms with Crippen molar-refractivity contribution in [2.24, 2.45) is 4.99 Å². The minimum atomic E-state index is -4.95. The van der Waals surface area contributed by atoms with Crippen molar-refractivity contribution in [3.63, 3.8) is 0 Å². The topological polar surface area (TPSA) is 70.9 Å². The number of methoxy groups -OCH3 is 1. The molecule has 1 heterocycles. The first kappa shape index (κ1) is 23.5. The van der Waals surface area contributed by atoms with Crippen molar-refractivity contribution in [1.29, 1.82) is 0 Å². The number of carbonyl (C=O) groups is 1. The van der Waals surface area contributed by atoms with Gasteiger partial charge >= 0.3 is 6.18 Å². The summed E-state index contributed by atoms with van der Waals surface area (Å²) in [7, 11) is 1.48. The summed E-state index contributed by atoms with van der Waals surface area (Å²) in [6.45, 7) is 3.25. The third-order valence-electron chi connectivity index (χ3n) is 5.58. The molecule has 32 heavy (non-hydrogen) atoms. The number of ether oxygens (including phenoxy) is 1. The number of fused-ring (bicyclic) bond motifs is 1. The van der Waals surface area contributed by atoms with E-state index in [1.807, 2.05) is 0 Å². The summed E-state index contributed by atoms with van der Waals surface area (Å²) >= 11 is 0. The van der Waals surface area contributed by atoms with E-state index in [1.54, 1.807) is 62.5 Å². The van der Waals surface area contributed by atoms with Crippen LogP contribution in [0.1, 0.15) is 43.0 Å². The van der Waals surface area contributed by atoms with Gasteiger partial charge in [0.25, 0.3) is 0 Å². The molecule has 0 aromatic heterocycles. The van der Waals surface area contributed by atoms with E-state index in [9.17, 15) is 23.1 Å².